The molecule has 1 unspecified atom stereocenters. The number of carboxylic acids is 1. The molecular formula is C11H11ClN2O6. The van der Waals surface area contributed by atoms with E-state index in [1.165, 1.54) is 18.2 Å². The number of aliphatic hydroxyl groups excluding tert-OH is 1. The van der Waals surface area contributed by atoms with E-state index in [4.69, 9.17) is 21.8 Å². The molecule has 0 saturated carbocycles. The van der Waals surface area contributed by atoms with Gasteiger partial charge in [0.15, 0.2) is 6.10 Å². The number of aliphatic hydroxyl groups is 1. The van der Waals surface area contributed by atoms with Gasteiger partial charge in [-0.05, 0) is 12.1 Å². The van der Waals surface area contributed by atoms with Gasteiger partial charge >= 0.3 is 11.7 Å². The summed E-state index contributed by atoms with van der Waals surface area (Å²) in [5.41, 5.74) is -0.752. The van der Waals surface area contributed by atoms with Crippen molar-refractivity contribution >= 4 is 29.2 Å². The number of aliphatic carboxylic acids is 1. The topological polar surface area (TPSA) is 130 Å². The molecule has 0 aromatic heterocycles. The lowest BCUT2D eigenvalue weighted by atomic mass is 10.1. The summed E-state index contributed by atoms with van der Waals surface area (Å²) >= 11 is 5.66. The van der Waals surface area contributed by atoms with Crippen molar-refractivity contribution in [3.63, 3.8) is 0 Å². The number of benzene rings is 1. The van der Waals surface area contributed by atoms with Crippen molar-refractivity contribution < 1.29 is 24.7 Å². The maximum Gasteiger partial charge on any atom is 0.332 e. The van der Waals surface area contributed by atoms with Crippen LogP contribution in [0.2, 0.25) is 5.02 Å². The van der Waals surface area contributed by atoms with E-state index in [-0.39, 0.29) is 23.6 Å². The lowest BCUT2D eigenvalue weighted by Crippen LogP contribution is -2.30. The average Bonchev–Trinajstić information content (AvgIpc) is 2.37. The number of nitro groups is 1. The zero-order valence-corrected chi connectivity index (χ0v) is 10.8. The molecule has 1 aromatic rings. The molecule has 9 heteroatoms. The van der Waals surface area contributed by atoms with Crippen molar-refractivity contribution in [1.29, 1.82) is 0 Å². The Kier molecular flexibility index (Phi) is 5.42. The number of nitrogens with one attached hydrogen (secondary N) is 1. The molecule has 0 aliphatic rings. The van der Waals surface area contributed by atoms with Crippen LogP contribution in [0.15, 0.2) is 18.2 Å². The van der Waals surface area contributed by atoms with Crippen LogP contribution in [0.25, 0.3) is 0 Å². The van der Waals surface area contributed by atoms with Crippen LogP contribution < -0.4 is 5.32 Å². The predicted octanol–water partition coefficient (Wildman–Crippen LogP) is 0.814. The molecule has 0 aliphatic heterocycles. The second-order valence-corrected chi connectivity index (χ2v) is 4.20. The van der Waals surface area contributed by atoms with Gasteiger partial charge in [0.1, 0.15) is 10.6 Å². The van der Waals surface area contributed by atoms with Gasteiger partial charge in [0, 0.05) is 13.0 Å². The highest BCUT2D eigenvalue weighted by molar-refractivity contribution is 6.33. The molecule has 0 fully saturated rings. The van der Waals surface area contributed by atoms with Crippen LogP contribution in [0.3, 0.4) is 0 Å². The molecule has 1 rings (SSSR count). The van der Waals surface area contributed by atoms with Crippen molar-refractivity contribution in [3.8, 4) is 0 Å². The van der Waals surface area contributed by atoms with Crippen molar-refractivity contribution in [2.45, 2.75) is 12.5 Å². The van der Waals surface area contributed by atoms with Crippen LogP contribution in [-0.2, 0) is 4.79 Å². The first-order valence-corrected chi connectivity index (χ1v) is 5.84. The summed E-state index contributed by atoms with van der Waals surface area (Å²) in [6, 6.07) is 3.90. The van der Waals surface area contributed by atoms with Gasteiger partial charge in [-0.2, -0.15) is 0 Å². The lowest BCUT2D eigenvalue weighted by molar-refractivity contribution is -0.385. The first kappa shape index (κ1) is 15.9. The van der Waals surface area contributed by atoms with Gasteiger partial charge < -0.3 is 15.5 Å². The first-order chi connectivity index (χ1) is 9.34. The summed E-state index contributed by atoms with van der Waals surface area (Å²) in [5.74, 6) is -2.18. The van der Waals surface area contributed by atoms with Gasteiger partial charge in [-0.15, -0.1) is 0 Å². The third kappa shape index (κ3) is 3.90. The number of rotatable bonds is 6. The number of carboxylic acid groups (broad SMARTS) is 1. The van der Waals surface area contributed by atoms with Crippen LogP contribution in [-0.4, -0.2) is 39.7 Å². The Balaban J connectivity index is 2.76. The molecule has 108 valence electrons. The summed E-state index contributed by atoms with van der Waals surface area (Å²) < 4.78 is 0. The number of hydrogen-bond acceptors (Lipinski definition) is 5. The molecule has 20 heavy (non-hydrogen) atoms. The zero-order chi connectivity index (χ0) is 15.3. The van der Waals surface area contributed by atoms with E-state index in [0.29, 0.717) is 0 Å². The summed E-state index contributed by atoms with van der Waals surface area (Å²) in [6.07, 6.45) is -1.82. The van der Waals surface area contributed by atoms with E-state index >= 15 is 0 Å². The second kappa shape index (κ2) is 6.83. The van der Waals surface area contributed by atoms with Crippen LogP contribution in [0.1, 0.15) is 16.8 Å². The fourth-order valence-corrected chi connectivity index (χ4v) is 1.67. The molecule has 0 radical (unpaired) electrons. The van der Waals surface area contributed by atoms with Crippen molar-refractivity contribution in [3.05, 3.63) is 38.9 Å². The number of halogens is 1. The highest BCUT2D eigenvalue weighted by Gasteiger charge is 2.23. The van der Waals surface area contributed by atoms with Crippen molar-refractivity contribution in [1.82, 2.24) is 5.32 Å². The third-order valence-corrected chi connectivity index (χ3v) is 2.71. The van der Waals surface area contributed by atoms with Crippen LogP contribution >= 0.6 is 11.6 Å². The molecular weight excluding hydrogens is 292 g/mol. The minimum Gasteiger partial charge on any atom is -0.479 e. The Hall–Kier alpha value is -2.19. The fourth-order valence-electron chi connectivity index (χ4n) is 1.43. The monoisotopic (exact) mass is 302 g/mol. The van der Waals surface area contributed by atoms with Gasteiger partial charge in [-0.3, -0.25) is 14.9 Å². The third-order valence-electron chi connectivity index (χ3n) is 2.40. The van der Waals surface area contributed by atoms with E-state index < -0.39 is 28.6 Å². The Labute approximate surface area is 118 Å². The molecule has 1 amide bonds. The van der Waals surface area contributed by atoms with E-state index in [1.807, 2.05) is 0 Å². The SMILES string of the molecule is O=C(NCCC(O)C(=O)O)c1cccc(Cl)c1[N+](=O)[O-]. The van der Waals surface area contributed by atoms with Gasteiger partial charge in [-0.1, -0.05) is 17.7 Å². The number of amides is 1. The van der Waals surface area contributed by atoms with Gasteiger partial charge in [-0.25, -0.2) is 4.79 Å². The lowest BCUT2D eigenvalue weighted by Gasteiger charge is -2.08. The molecule has 0 heterocycles. The molecule has 0 saturated heterocycles. The van der Waals surface area contributed by atoms with Crippen LogP contribution in [0.4, 0.5) is 5.69 Å². The van der Waals surface area contributed by atoms with E-state index in [0.717, 1.165) is 0 Å². The predicted molar refractivity (Wildman–Crippen MR) is 68.7 cm³/mol. The minimum atomic E-state index is -1.61. The van der Waals surface area contributed by atoms with Crippen LogP contribution in [0.5, 0.6) is 0 Å². The number of para-hydroxylation sites is 1. The number of nitrogens with zero attached hydrogens (tertiary/aromatic N) is 1. The number of carbonyl (C=O) groups excluding carboxylic acids is 1. The molecule has 0 spiro atoms. The van der Waals surface area contributed by atoms with Crippen LogP contribution in [0, 0.1) is 10.1 Å². The molecule has 8 nitrogen and oxygen atoms in total. The second-order valence-electron chi connectivity index (χ2n) is 3.79. The quantitative estimate of drug-likeness (QED) is 0.526. The highest BCUT2D eigenvalue weighted by atomic mass is 35.5. The molecule has 0 bridgehead atoms. The summed E-state index contributed by atoms with van der Waals surface area (Å²) in [4.78, 5) is 32.2. The molecule has 0 aliphatic carbocycles. The summed E-state index contributed by atoms with van der Waals surface area (Å²) in [7, 11) is 0. The summed E-state index contributed by atoms with van der Waals surface area (Å²) in [6.45, 7) is -0.143. The highest BCUT2D eigenvalue weighted by Crippen LogP contribution is 2.27. The largest absolute Gasteiger partial charge is 0.479 e. The van der Waals surface area contributed by atoms with E-state index in [1.54, 1.807) is 0 Å². The van der Waals surface area contributed by atoms with E-state index in [2.05, 4.69) is 5.32 Å². The number of hydrogen-bond donors (Lipinski definition) is 3. The number of carbonyl (C=O) groups is 2. The fraction of sp³-hybridized carbons (Fsp3) is 0.273. The summed E-state index contributed by atoms with van der Waals surface area (Å²) in [5, 5.41) is 30.4. The zero-order valence-electron chi connectivity index (χ0n) is 10.1. The molecule has 1 aromatic carbocycles. The molecule has 3 N–H and O–H groups in total. The smallest absolute Gasteiger partial charge is 0.332 e. The Morgan fingerprint density at radius 1 is 1.45 bits per heavy atom. The van der Waals surface area contributed by atoms with E-state index in [9.17, 15) is 19.7 Å². The Morgan fingerprint density at radius 3 is 2.65 bits per heavy atom. The van der Waals surface area contributed by atoms with Gasteiger partial charge in [0.25, 0.3) is 5.91 Å². The minimum absolute atomic E-state index is 0.143. The standard InChI is InChI=1S/C11H11ClN2O6/c12-7-3-1-2-6(9(7)14(19)20)10(16)13-5-4-8(15)11(17)18/h1-3,8,15H,4-5H2,(H,13,16)(H,17,18). The van der Waals surface area contributed by atoms with Gasteiger partial charge in [0.05, 0.1) is 4.92 Å². The maximum atomic E-state index is 11.8. The Bertz CT molecular complexity index is 548. The first-order valence-electron chi connectivity index (χ1n) is 5.46. The maximum absolute atomic E-state index is 11.8. The Morgan fingerprint density at radius 2 is 2.10 bits per heavy atom. The van der Waals surface area contributed by atoms with Crippen molar-refractivity contribution in [2.75, 3.05) is 6.54 Å². The van der Waals surface area contributed by atoms with Gasteiger partial charge in [0.2, 0.25) is 0 Å². The number of nitro benzene ring substituents is 1. The molecule has 1 atom stereocenters. The van der Waals surface area contributed by atoms with Crippen molar-refractivity contribution in [2.24, 2.45) is 0 Å². The normalized spacial score (nSPS) is 11.7. The average molecular weight is 303 g/mol.